The fourth-order valence-corrected chi connectivity index (χ4v) is 3.74. The number of nitrogens with one attached hydrogen (secondary N) is 1. The van der Waals surface area contributed by atoms with Crippen LogP contribution in [-0.2, 0) is 20.3 Å². The summed E-state index contributed by atoms with van der Waals surface area (Å²) in [6.45, 7) is 1.92. The number of hydrogen-bond donors (Lipinski definition) is 1. The summed E-state index contributed by atoms with van der Waals surface area (Å²) in [6.07, 6.45) is 3.25. The number of carbonyl (C=O) groups excluding carboxylic acids is 1. The summed E-state index contributed by atoms with van der Waals surface area (Å²) in [5, 5.41) is 2.75. The fraction of sp³-hybridized carbons (Fsp3) is 0.421. The fourth-order valence-electron chi connectivity index (χ4n) is 2.47. The van der Waals surface area contributed by atoms with Crippen molar-refractivity contribution in [3.63, 3.8) is 0 Å². The van der Waals surface area contributed by atoms with E-state index < -0.39 is 9.84 Å². The standard InChI is InChI=1S/C19H23NO5S/c21-19(20-11-4-12-24-13-15-7-8-15)18-10-9-16(25-18)14-26(22,23)17-5-2-1-3-6-17/h1-3,5-6,9-10,15H,4,7-8,11-14H2,(H,20,21). The first-order valence-electron chi connectivity index (χ1n) is 8.77. The molecule has 0 spiro atoms. The molecule has 0 unspecified atom stereocenters. The van der Waals surface area contributed by atoms with Crippen LogP contribution in [0, 0.1) is 5.92 Å². The Kier molecular flexibility index (Phi) is 6.11. The van der Waals surface area contributed by atoms with Crippen molar-refractivity contribution < 1.29 is 22.4 Å². The highest BCUT2D eigenvalue weighted by atomic mass is 32.2. The van der Waals surface area contributed by atoms with E-state index in [-0.39, 0.29) is 28.1 Å². The zero-order valence-electron chi connectivity index (χ0n) is 14.5. The minimum atomic E-state index is -3.50. The molecule has 0 radical (unpaired) electrons. The summed E-state index contributed by atoms with van der Waals surface area (Å²) in [5.41, 5.74) is 0. The lowest BCUT2D eigenvalue weighted by Gasteiger charge is -2.05. The van der Waals surface area contributed by atoms with Gasteiger partial charge in [-0.2, -0.15) is 0 Å². The maximum Gasteiger partial charge on any atom is 0.286 e. The van der Waals surface area contributed by atoms with Gasteiger partial charge in [0, 0.05) is 19.8 Å². The number of hydrogen-bond acceptors (Lipinski definition) is 5. The van der Waals surface area contributed by atoms with Crippen LogP contribution in [-0.4, -0.2) is 34.1 Å². The van der Waals surface area contributed by atoms with Crippen LogP contribution in [0.15, 0.2) is 51.8 Å². The summed E-state index contributed by atoms with van der Waals surface area (Å²) in [4.78, 5) is 12.3. The molecule has 3 rings (SSSR count). The van der Waals surface area contributed by atoms with E-state index >= 15 is 0 Å². The SMILES string of the molecule is O=C(NCCCOCC1CC1)c1ccc(CS(=O)(=O)c2ccccc2)o1. The molecule has 0 bridgehead atoms. The number of sulfone groups is 1. The van der Waals surface area contributed by atoms with Gasteiger partial charge in [0.15, 0.2) is 15.6 Å². The lowest BCUT2D eigenvalue weighted by Crippen LogP contribution is -2.24. The van der Waals surface area contributed by atoms with Gasteiger partial charge >= 0.3 is 0 Å². The largest absolute Gasteiger partial charge is 0.455 e. The van der Waals surface area contributed by atoms with E-state index in [1.807, 2.05) is 0 Å². The van der Waals surface area contributed by atoms with Crippen molar-refractivity contribution in [2.45, 2.75) is 29.9 Å². The average molecular weight is 377 g/mol. The third-order valence-electron chi connectivity index (χ3n) is 4.12. The Hall–Kier alpha value is -2.12. The van der Waals surface area contributed by atoms with Gasteiger partial charge in [-0.25, -0.2) is 8.42 Å². The second-order valence-corrected chi connectivity index (χ2v) is 8.46. The number of rotatable bonds is 10. The van der Waals surface area contributed by atoms with E-state index in [4.69, 9.17) is 9.15 Å². The van der Waals surface area contributed by atoms with Crippen molar-refractivity contribution in [3.8, 4) is 0 Å². The van der Waals surface area contributed by atoms with Gasteiger partial charge in [-0.1, -0.05) is 18.2 Å². The first kappa shape index (κ1) is 18.7. The van der Waals surface area contributed by atoms with Crippen LogP contribution >= 0.6 is 0 Å². The maximum atomic E-state index is 12.3. The number of furan rings is 1. The molecule has 0 aliphatic heterocycles. The zero-order chi connectivity index (χ0) is 18.4. The maximum absolute atomic E-state index is 12.3. The van der Waals surface area contributed by atoms with Crippen LogP contribution in [0.5, 0.6) is 0 Å². The van der Waals surface area contributed by atoms with E-state index in [2.05, 4.69) is 5.32 Å². The molecule has 1 fully saturated rings. The molecule has 0 saturated heterocycles. The van der Waals surface area contributed by atoms with E-state index in [1.165, 1.54) is 37.1 Å². The van der Waals surface area contributed by atoms with Crippen LogP contribution in [0.2, 0.25) is 0 Å². The van der Waals surface area contributed by atoms with Crippen LogP contribution in [0.3, 0.4) is 0 Å². The van der Waals surface area contributed by atoms with E-state index in [0.717, 1.165) is 18.9 Å². The first-order chi connectivity index (χ1) is 12.5. The van der Waals surface area contributed by atoms with E-state index in [0.29, 0.717) is 13.2 Å². The molecule has 0 atom stereocenters. The van der Waals surface area contributed by atoms with Gasteiger partial charge in [-0.15, -0.1) is 0 Å². The van der Waals surface area contributed by atoms with Gasteiger partial charge < -0.3 is 14.5 Å². The predicted octanol–water partition coefficient (Wildman–Crippen LogP) is 2.80. The molecule has 1 aromatic carbocycles. The Morgan fingerprint density at radius 1 is 1.15 bits per heavy atom. The lowest BCUT2D eigenvalue weighted by atomic mass is 10.4. The van der Waals surface area contributed by atoms with Crippen molar-refractivity contribution in [1.29, 1.82) is 0 Å². The third-order valence-corrected chi connectivity index (χ3v) is 5.78. The van der Waals surface area contributed by atoms with Crippen LogP contribution in [0.1, 0.15) is 35.6 Å². The van der Waals surface area contributed by atoms with Gasteiger partial charge in [-0.3, -0.25) is 4.79 Å². The molecule has 26 heavy (non-hydrogen) atoms. The summed E-state index contributed by atoms with van der Waals surface area (Å²) in [7, 11) is -3.50. The summed E-state index contributed by atoms with van der Waals surface area (Å²) in [5.74, 6) is 0.460. The quantitative estimate of drug-likeness (QED) is 0.644. The molecule has 1 saturated carbocycles. The Labute approximate surface area is 153 Å². The van der Waals surface area contributed by atoms with Gasteiger partial charge in [0.25, 0.3) is 5.91 Å². The number of carbonyl (C=O) groups is 1. The highest BCUT2D eigenvalue weighted by Gasteiger charge is 2.21. The third kappa shape index (κ3) is 5.44. The first-order valence-corrected chi connectivity index (χ1v) is 10.4. The average Bonchev–Trinajstić information content (AvgIpc) is 3.35. The monoisotopic (exact) mass is 377 g/mol. The smallest absolute Gasteiger partial charge is 0.286 e. The molecule has 1 heterocycles. The summed E-state index contributed by atoms with van der Waals surface area (Å²) in [6, 6.07) is 11.2. The highest BCUT2D eigenvalue weighted by Crippen LogP contribution is 2.28. The molecule has 1 N–H and O–H groups in total. The Morgan fingerprint density at radius 3 is 2.65 bits per heavy atom. The summed E-state index contributed by atoms with van der Waals surface area (Å²) < 4.78 is 35.6. The highest BCUT2D eigenvalue weighted by molar-refractivity contribution is 7.90. The number of ether oxygens (including phenoxy) is 1. The molecule has 1 aromatic heterocycles. The Morgan fingerprint density at radius 2 is 1.92 bits per heavy atom. The minimum absolute atomic E-state index is 0.113. The van der Waals surface area contributed by atoms with Gasteiger partial charge in [0.05, 0.1) is 4.90 Å². The topological polar surface area (TPSA) is 85.6 Å². The molecule has 1 amide bonds. The van der Waals surface area contributed by atoms with E-state index in [9.17, 15) is 13.2 Å². The van der Waals surface area contributed by atoms with E-state index in [1.54, 1.807) is 18.2 Å². The molecule has 1 aliphatic rings. The van der Waals surface area contributed by atoms with Crippen molar-refractivity contribution in [1.82, 2.24) is 5.32 Å². The lowest BCUT2D eigenvalue weighted by molar-refractivity contribution is 0.0909. The molecular formula is C19H23NO5S. The normalized spacial score (nSPS) is 14.3. The van der Waals surface area contributed by atoms with Crippen molar-refractivity contribution in [2.24, 2.45) is 5.92 Å². The van der Waals surface area contributed by atoms with Crippen molar-refractivity contribution in [3.05, 3.63) is 54.0 Å². The van der Waals surface area contributed by atoms with Gasteiger partial charge in [0.2, 0.25) is 0 Å². The zero-order valence-corrected chi connectivity index (χ0v) is 15.3. The summed E-state index contributed by atoms with van der Waals surface area (Å²) >= 11 is 0. The van der Waals surface area contributed by atoms with Crippen LogP contribution in [0.4, 0.5) is 0 Å². The Balaban J connectivity index is 1.45. The van der Waals surface area contributed by atoms with Crippen molar-refractivity contribution >= 4 is 15.7 Å². The molecule has 7 heteroatoms. The molecule has 2 aromatic rings. The molecular weight excluding hydrogens is 354 g/mol. The second-order valence-electron chi connectivity index (χ2n) is 6.47. The van der Waals surface area contributed by atoms with Crippen LogP contribution < -0.4 is 5.32 Å². The van der Waals surface area contributed by atoms with Gasteiger partial charge in [-0.05, 0) is 49.4 Å². The minimum Gasteiger partial charge on any atom is -0.455 e. The van der Waals surface area contributed by atoms with Gasteiger partial charge in [0.1, 0.15) is 11.5 Å². The van der Waals surface area contributed by atoms with Crippen molar-refractivity contribution in [2.75, 3.05) is 19.8 Å². The molecule has 1 aliphatic carbocycles. The number of benzene rings is 1. The second kappa shape index (κ2) is 8.51. The molecule has 140 valence electrons. The number of amides is 1. The molecule has 6 nitrogen and oxygen atoms in total. The van der Waals surface area contributed by atoms with Crippen LogP contribution in [0.25, 0.3) is 0 Å². The predicted molar refractivity (Wildman–Crippen MR) is 96.5 cm³/mol. The Bertz CT molecular complexity index is 825.